The molecule has 5 nitrogen and oxygen atoms in total. The third kappa shape index (κ3) is 4.33. The summed E-state index contributed by atoms with van der Waals surface area (Å²) < 4.78 is 0. The molecule has 1 aromatic rings. The highest BCUT2D eigenvalue weighted by atomic mass is 16.4. The average molecular weight is 252 g/mol. The highest BCUT2D eigenvalue weighted by molar-refractivity contribution is 5.88. The predicted octanol–water partition coefficient (Wildman–Crippen LogP) is 2.09. The lowest BCUT2D eigenvalue weighted by Gasteiger charge is -2.19. The standard InChI is InChI=1S/C13H20N2O3/c1-8(2)10-5-9(12(16)17)6-11(15-10)14-7-13(3,4)18/h5-6,8,18H,7H2,1-4H3,(H,14,15)(H,16,17). The molecule has 0 saturated heterocycles. The molecule has 100 valence electrons. The summed E-state index contributed by atoms with van der Waals surface area (Å²) in [6.07, 6.45) is 0. The van der Waals surface area contributed by atoms with Gasteiger partial charge in [-0.1, -0.05) is 13.8 Å². The minimum atomic E-state index is -0.981. The summed E-state index contributed by atoms with van der Waals surface area (Å²) in [6.45, 7) is 7.55. The second-order valence-corrected chi connectivity index (χ2v) is 5.29. The largest absolute Gasteiger partial charge is 0.478 e. The Labute approximate surface area is 107 Å². The van der Waals surface area contributed by atoms with Crippen molar-refractivity contribution in [3.63, 3.8) is 0 Å². The van der Waals surface area contributed by atoms with Crippen LogP contribution in [0.3, 0.4) is 0 Å². The van der Waals surface area contributed by atoms with Crippen LogP contribution >= 0.6 is 0 Å². The van der Waals surface area contributed by atoms with Crippen molar-refractivity contribution >= 4 is 11.8 Å². The van der Waals surface area contributed by atoms with Crippen LogP contribution in [-0.2, 0) is 0 Å². The Morgan fingerprint density at radius 1 is 1.44 bits per heavy atom. The van der Waals surface area contributed by atoms with Crippen LogP contribution in [0.1, 0.15) is 49.7 Å². The Bertz CT molecular complexity index is 436. The number of carboxylic acid groups (broad SMARTS) is 1. The van der Waals surface area contributed by atoms with E-state index in [0.29, 0.717) is 18.1 Å². The number of hydrogen-bond donors (Lipinski definition) is 3. The number of nitrogens with zero attached hydrogens (tertiary/aromatic N) is 1. The average Bonchev–Trinajstić information content (AvgIpc) is 2.25. The zero-order valence-corrected chi connectivity index (χ0v) is 11.2. The highest BCUT2D eigenvalue weighted by Crippen LogP contribution is 2.18. The van der Waals surface area contributed by atoms with Crippen molar-refractivity contribution in [1.82, 2.24) is 4.98 Å². The molecule has 0 spiro atoms. The Kier molecular flexibility index (Phi) is 4.29. The van der Waals surface area contributed by atoms with Crippen LogP contribution in [0.2, 0.25) is 0 Å². The Morgan fingerprint density at radius 2 is 2.06 bits per heavy atom. The van der Waals surface area contributed by atoms with E-state index in [1.165, 1.54) is 6.07 Å². The summed E-state index contributed by atoms with van der Waals surface area (Å²) in [5.41, 5.74) is 0.0407. The van der Waals surface area contributed by atoms with E-state index < -0.39 is 11.6 Å². The molecule has 0 atom stereocenters. The molecule has 1 rings (SSSR count). The van der Waals surface area contributed by atoms with E-state index in [4.69, 9.17) is 5.11 Å². The number of carbonyl (C=O) groups is 1. The number of rotatable bonds is 5. The van der Waals surface area contributed by atoms with E-state index in [-0.39, 0.29) is 11.5 Å². The van der Waals surface area contributed by atoms with Crippen molar-refractivity contribution in [2.45, 2.75) is 39.2 Å². The molecule has 0 fully saturated rings. The number of aromatic carboxylic acids is 1. The molecule has 0 radical (unpaired) electrons. The van der Waals surface area contributed by atoms with E-state index >= 15 is 0 Å². The van der Waals surface area contributed by atoms with Gasteiger partial charge in [0.05, 0.1) is 11.2 Å². The SMILES string of the molecule is CC(C)c1cc(C(=O)O)cc(NCC(C)(C)O)n1. The Morgan fingerprint density at radius 3 is 2.50 bits per heavy atom. The van der Waals surface area contributed by atoms with Gasteiger partial charge in [0, 0.05) is 12.2 Å². The first-order valence-corrected chi connectivity index (χ1v) is 5.90. The van der Waals surface area contributed by atoms with Gasteiger partial charge in [-0.05, 0) is 31.9 Å². The zero-order chi connectivity index (χ0) is 13.9. The zero-order valence-electron chi connectivity index (χ0n) is 11.2. The smallest absolute Gasteiger partial charge is 0.335 e. The van der Waals surface area contributed by atoms with E-state index in [1.54, 1.807) is 19.9 Å². The van der Waals surface area contributed by atoms with Crippen molar-refractivity contribution in [2.24, 2.45) is 0 Å². The van der Waals surface area contributed by atoms with E-state index in [1.807, 2.05) is 13.8 Å². The summed E-state index contributed by atoms with van der Waals surface area (Å²) in [5, 5.41) is 21.6. The van der Waals surface area contributed by atoms with Gasteiger partial charge in [0.2, 0.25) is 0 Å². The first-order chi connectivity index (χ1) is 8.19. The summed E-state index contributed by atoms with van der Waals surface area (Å²) in [7, 11) is 0. The number of hydrogen-bond acceptors (Lipinski definition) is 4. The van der Waals surface area contributed by atoms with Crippen molar-refractivity contribution in [3.05, 3.63) is 23.4 Å². The molecule has 18 heavy (non-hydrogen) atoms. The van der Waals surface area contributed by atoms with E-state index in [0.717, 1.165) is 0 Å². The first-order valence-electron chi connectivity index (χ1n) is 5.90. The van der Waals surface area contributed by atoms with Crippen LogP contribution in [0.5, 0.6) is 0 Å². The van der Waals surface area contributed by atoms with Crippen molar-refractivity contribution in [1.29, 1.82) is 0 Å². The molecule has 0 aliphatic heterocycles. The number of anilines is 1. The molecule has 1 heterocycles. The maximum absolute atomic E-state index is 11.0. The van der Waals surface area contributed by atoms with E-state index in [9.17, 15) is 9.90 Å². The van der Waals surface area contributed by atoms with Gasteiger partial charge < -0.3 is 15.5 Å². The van der Waals surface area contributed by atoms with Crippen LogP contribution in [-0.4, -0.2) is 33.3 Å². The molecule has 0 unspecified atom stereocenters. The molecule has 0 aliphatic rings. The fourth-order valence-electron chi connectivity index (χ4n) is 1.37. The van der Waals surface area contributed by atoms with Crippen molar-refractivity contribution in [3.8, 4) is 0 Å². The number of aromatic nitrogens is 1. The molecule has 1 aromatic heterocycles. The summed E-state index contributed by atoms with van der Waals surface area (Å²) in [5.74, 6) is -0.363. The second-order valence-electron chi connectivity index (χ2n) is 5.29. The van der Waals surface area contributed by atoms with Crippen LogP contribution in [0, 0.1) is 0 Å². The van der Waals surface area contributed by atoms with Crippen molar-refractivity contribution < 1.29 is 15.0 Å². The fraction of sp³-hybridized carbons (Fsp3) is 0.538. The minimum absolute atomic E-state index is 0.145. The number of aliphatic hydroxyl groups is 1. The van der Waals surface area contributed by atoms with Crippen molar-refractivity contribution in [2.75, 3.05) is 11.9 Å². The minimum Gasteiger partial charge on any atom is -0.478 e. The van der Waals surface area contributed by atoms with Crippen LogP contribution < -0.4 is 5.32 Å². The fourth-order valence-corrected chi connectivity index (χ4v) is 1.37. The normalized spacial score (nSPS) is 11.7. The van der Waals surface area contributed by atoms with Crippen LogP contribution in [0.4, 0.5) is 5.82 Å². The van der Waals surface area contributed by atoms with Gasteiger partial charge in [0.1, 0.15) is 5.82 Å². The molecule has 0 aromatic carbocycles. The molecule has 5 heteroatoms. The van der Waals surface area contributed by atoms with E-state index in [2.05, 4.69) is 10.3 Å². The predicted molar refractivity (Wildman–Crippen MR) is 70.1 cm³/mol. The number of carboxylic acids is 1. The topological polar surface area (TPSA) is 82.5 Å². The Balaban J connectivity index is 3.00. The lowest BCUT2D eigenvalue weighted by Crippen LogP contribution is -2.29. The van der Waals surface area contributed by atoms with Crippen LogP contribution in [0.15, 0.2) is 12.1 Å². The van der Waals surface area contributed by atoms with Gasteiger partial charge in [-0.15, -0.1) is 0 Å². The summed E-state index contributed by atoms with van der Waals surface area (Å²) >= 11 is 0. The molecule has 0 saturated carbocycles. The monoisotopic (exact) mass is 252 g/mol. The lowest BCUT2D eigenvalue weighted by atomic mass is 10.1. The summed E-state index contributed by atoms with van der Waals surface area (Å²) in [6, 6.07) is 3.04. The second kappa shape index (κ2) is 5.35. The maximum atomic E-state index is 11.0. The van der Waals surface area contributed by atoms with Gasteiger partial charge >= 0.3 is 5.97 Å². The molecule has 0 aliphatic carbocycles. The third-order valence-corrected chi connectivity index (χ3v) is 2.39. The van der Waals surface area contributed by atoms with Gasteiger partial charge in [0.15, 0.2) is 0 Å². The summed E-state index contributed by atoms with van der Waals surface area (Å²) in [4.78, 5) is 15.4. The lowest BCUT2D eigenvalue weighted by molar-refractivity contribution is 0.0696. The number of nitrogens with one attached hydrogen (secondary N) is 1. The number of pyridine rings is 1. The molecular weight excluding hydrogens is 232 g/mol. The van der Waals surface area contributed by atoms with Crippen LogP contribution in [0.25, 0.3) is 0 Å². The van der Waals surface area contributed by atoms with Gasteiger partial charge in [-0.3, -0.25) is 0 Å². The highest BCUT2D eigenvalue weighted by Gasteiger charge is 2.14. The molecule has 0 amide bonds. The maximum Gasteiger partial charge on any atom is 0.335 e. The molecule has 0 bridgehead atoms. The third-order valence-electron chi connectivity index (χ3n) is 2.39. The first kappa shape index (κ1) is 14.4. The van der Waals surface area contributed by atoms with Gasteiger partial charge in [-0.25, -0.2) is 9.78 Å². The molecule has 3 N–H and O–H groups in total. The van der Waals surface area contributed by atoms with Gasteiger partial charge in [-0.2, -0.15) is 0 Å². The quantitative estimate of drug-likeness (QED) is 0.747. The molecular formula is C13H20N2O3. The van der Waals surface area contributed by atoms with Gasteiger partial charge in [0.25, 0.3) is 0 Å². The Hall–Kier alpha value is -1.62.